The molecule has 0 aromatic heterocycles. The lowest BCUT2D eigenvalue weighted by atomic mass is 9.95. The molecule has 0 fully saturated rings. The van der Waals surface area contributed by atoms with Crippen molar-refractivity contribution in [3.8, 4) is 0 Å². The van der Waals surface area contributed by atoms with Crippen molar-refractivity contribution >= 4 is 5.91 Å². The van der Waals surface area contributed by atoms with Crippen LogP contribution in [-0.4, -0.2) is 19.0 Å². The SMILES string of the molecule is CCC(C(=O)NCCCC(C)CN)c1ccccc1. The second kappa shape index (κ2) is 8.70. The molecule has 0 bridgehead atoms. The van der Waals surface area contributed by atoms with Crippen molar-refractivity contribution in [3.63, 3.8) is 0 Å². The molecular formula is C16H26N2O. The Bertz CT molecular complexity index is 364. The molecule has 2 atom stereocenters. The van der Waals surface area contributed by atoms with E-state index < -0.39 is 0 Å². The molecule has 0 saturated heterocycles. The summed E-state index contributed by atoms with van der Waals surface area (Å²) in [7, 11) is 0. The number of nitrogens with two attached hydrogens (primary N) is 1. The van der Waals surface area contributed by atoms with Gasteiger partial charge in [-0.25, -0.2) is 0 Å². The minimum atomic E-state index is -0.0341. The van der Waals surface area contributed by atoms with Crippen LogP contribution in [0, 0.1) is 5.92 Å². The molecule has 2 unspecified atom stereocenters. The normalized spacial score (nSPS) is 13.8. The van der Waals surface area contributed by atoms with Crippen molar-refractivity contribution in [1.82, 2.24) is 5.32 Å². The third-order valence-corrected chi connectivity index (χ3v) is 3.50. The largest absolute Gasteiger partial charge is 0.356 e. The van der Waals surface area contributed by atoms with Crippen LogP contribution in [-0.2, 0) is 4.79 Å². The smallest absolute Gasteiger partial charge is 0.227 e. The van der Waals surface area contributed by atoms with Crippen molar-refractivity contribution in [2.45, 2.75) is 39.0 Å². The zero-order chi connectivity index (χ0) is 14.1. The van der Waals surface area contributed by atoms with Crippen LogP contribution in [0.15, 0.2) is 30.3 Å². The molecule has 0 aliphatic carbocycles. The maximum Gasteiger partial charge on any atom is 0.227 e. The molecule has 3 nitrogen and oxygen atoms in total. The van der Waals surface area contributed by atoms with Crippen LogP contribution in [0.4, 0.5) is 0 Å². The van der Waals surface area contributed by atoms with E-state index in [1.807, 2.05) is 37.3 Å². The molecular weight excluding hydrogens is 236 g/mol. The van der Waals surface area contributed by atoms with Gasteiger partial charge in [-0.2, -0.15) is 0 Å². The van der Waals surface area contributed by atoms with Crippen molar-refractivity contribution in [2.24, 2.45) is 11.7 Å². The number of rotatable bonds is 8. The number of amides is 1. The van der Waals surface area contributed by atoms with Gasteiger partial charge in [0.25, 0.3) is 0 Å². The molecule has 19 heavy (non-hydrogen) atoms. The quantitative estimate of drug-likeness (QED) is 0.708. The Balaban J connectivity index is 2.39. The van der Waals surface area contributed by atoms with E-state index in [0.717, 1.165) is 37.9 Å². The Morgan fingerprint density at radius 3 is 2.58 bits per heavy atom. The Hall–Kier alpha value is -1.35. The second-order valence-corrected chi connectivity index (χ2v) is 5.15. The topological polar surface area (TPSA) is 55.1 Å². The number of hydrogen-bond acceptors (Lipinski definition) is 2. The van der Waals surface area contributed by atoms with E-state index in [2.05, 4.69) is 12.2 Å². The molecule has 1 amide bonds. The lowest BCUT2D eigenvalue weighted by Gasteiger charge is -2.16. The fourth-order valence-electron chi connectivity index (χ4n) is 2.16. The van der Waals surface area contributed by atoms with Crippen molar-refractivity contribution < 1.29 is 4.79 Å². The Labute approximate surface area is 116 Å². The van der Waals surface area contributed by atoms with E-state index in [4.69, 9.17) is 5.73 Å². The van der Waals surface area contributed by atoms with Gasteiger partial charge in [-0.05, 0) is 37.3 Å². The first-order valence-corrected chi connectivity index (χ1v) is 7.21. The highest BCUT2D eigenvalue weighted by Gasteiger charge is 2.17. The van der Waals surface area contributed by atoms with Gasteiger partial charge in [0.15, 0.2) is 0 Å². The summed E-state index contributed by atoms with van der Waals surface area (Å²) in [5.41, 5.74) is 6.67. The van der Waals surface area contributed by atoms with Crippen LogP contribution in [0.25, 0.3) is 0 Å². The lowest BCUT2D eigenvalue weighted by Crippen LogP contribution is -2.30. The van der Waals surface area contributed by atoms with Gasteiger partial charge >= 0.3 is 0 Å². The number of hydrogen-bond donors (Lipinski definition) is 2. The Morgan fingerprint density at radius 1 is 1.32 bits per heavy atom. The highest BCUT2D eigenvalue weighted by atomic mass is 16.1. The molecule has 0 saturated carbocycles. The summed E-state index contributed by atoms with van der Waals surface area (Å²) in [4.78, 5) is 12.2. The van der Waals surface area contributed by atoms with Gasteiger partial charge in [0.2, 0.25) is 5.91 Å². The van der Waals surface area contributed by atoms with E-state index >= 15 is 0 Å². The van der Waals surface area contributed by atoms with E-state index in [-0.39, 0.29) is 11.8 Å². The first-order chi connectivity index (χ1) is 9.19. The van der Waals surface area contributed by atoms with Gasteiger partial charge in [-0.1, -0.05) is 44.2 Å². The van der Waals surface area contributed by atoms with Gasteiger partial charge in [0.05, 0.1) is 5.92 Å². The van der Waals surface area contributed by atoms with E-state index in [9.17, 15) is 4.79 Å². The maximum atomic E-state index is 12.2. The molecule has 0 aliphatic heterocycles. The third kappa shape index (κ3) is 5.43. The average molecular weight is 262 g/mol. The molecule has 1 aromatic rings. The molecule has 3 heteroatoms. The summed E-state index contributed by atoms with van der Waals surface area (Å²) in [6, 6.07) is 9.97. The standard InChI is InChI=1S/C16H26N2O/c1-3-15(14-9-5-4-6-10-14)16(19)18-11-7-8-13(2)12-17/h4-6,9-10,13,15H,3,7-8,11-12,17H2,1-2H3,(H,18,19). The van der Waals surface area contributed by atoms with E-state index in [1.54, 1.807) is 0 Å². The minimum Gasteiger partial charge on any atom is -0.356 e. The van der Waals surface area contributed by atoms with Crippen LogP contribution in [0.3, 0.4) is 0 Å². The zero-order valence-electron chi connectivity index (χ0n) is 12.1. The monoisotopic (exact) mass is 262 g/mol. The maximum absolute atomic E-state index is 12.2. The lowest BCUT2D eigenvalue weighted by molar-refractivity contribution is -0.122. The predicted octanol–water partition coefficient (Wildman–Crippen LogP) is 2.67. The number of carbonyl (C=O) groups excluding carboxylic acids is 1. The Kier molecular flexibility index (Phi) is 7.19. The molecule has 106 valence electrons. The van der Waals surface area contributed by atoms with Gasteiger partial charge in [0.1, 0.15) is 0 Å². The molecule has 0 aliphatic rings. The van der Waals surface area contributed by atoms with Gasteiger partial charge in [-0.15, -0.1) is 0 Å². The van der Waals surface area contributed by atoms with E-state index in [0.29, 0.717) is 5.92 Å². The summed E-state index contributed by atoms with van der Waals surface area (Å²) in [5, 5.41) is 3.03. The average Bonchev–Trinajstić information content (AvgIpc) is 2.45. The highest BCUT2D eigenvalue weighted by molar-refractivity contribution is 5.83. The first kappa shape index (κ1) is 15.7. The highest BCUT2D eigenvalue weighted by Crippen LogP contribution is 2.19. The van der Waals surface area contributed by atoms with Gasteiger partial charge in [-0.3, -0.25) is 4.79 Å². The van der Waals surface area contributed by atoms with Gasteiger partial charge < -0.3 is 11.1 Å². The van der Waals surface area contributed by atoms with Crippen LogP contribution in [0.1, 0.15) is 44.6 Å². The van der Waals surface area contributed by atoms with Gasteiger partial charge in [0, 0.05) is 6.54 Å². The predicted molar refractivity (Wildman–Crippen MR) is 79.9 cm³/mol. The van der Waals surface area contributed by atoms with Crippen LogP contribution in [0.5, 0.6) is 0 Å². The van der Waals surface area contributed by atoms with Crippen LogP contribution in [0.2, 0.25) is 0 Å². The summed E-state index contributed by atoms with van der Waals surface area (Å²) < 4.78 is 0. The number of benzene rings is 1. The Morgan fingerprint density at radius 2 is 2.00 bits per heavy atom. The molecule has 0 heterocycles. The summed E-state index contributed by atoms with van der Waals surface area (Å²) in [6.07, 6.45) is 2.89. The number of carbonyl (C=O) groups is 1. The molecule has 0 radical (unpaired) electrons. The van der Waals surface area contributed by atoms with Crippen LogP contribution >= 0.6 is 0 Å². The van der Waals surface area contributed by atoms with Crippen molar-refractivity contribution in [3.05, 3.63) is 35.9 Å². The fraction of sp³-hybridized carbons (Fsp3) is 0.562. The second-order valence-electron chi connectivity index (χ2n) is 5.15. The third-order valence-electron chi connectivity index (χ3n) is 3.50. The summed E-state index contributed by atoms with van der Waals surface area (Å²) >= 11 is 0. The molecule has 3 N–H and O–H groups in total. The minimum absolute atomic E-state index is 0.0341. The molecule has 1 rings (SSSR count). The van der Waals surface area contributed by atoms with E-state index in [1.165, 1.54) is 0 Å². The fourth-order valence-corrected chi connectivity index (χ4v) is 2.16. The van der Waals surface area contributed by atoms with Crippen molar-refractivity contribution in [2.75, 3.05) is 13.1 Å². The number of nitrogens with one attached hydrogen (secondary N) is 1. The molecule has 0 spiro atoms. The van der Waals surface area contributed by atoms with Crippen LogP contribution < -0.4 is 11.1 Å². The molecule has 1 aromatic carbocycles. The zero-order valence-corrected chi connectivity index (χ0v) is 12.1. The van der Waals surface area contributed by atoms with Crippen molar-refractivity contribution in [1.29, 1.82) is 0 Å². The summed E-state index contributed by atoms with van der Waals surface area (Å²) in [5.74, 6) is 0.634. The summed E-state index contributed by atoms with van der Waals surface area (Å²) in [6.45, 7) is 5.65. The first-order valence-electron chi connectivity index (χ1n) is 7.21.